The van der Waals surface area contributed by atoms with E-state index in [1.165, 1.54) is 6.07 Å². The molecule has 0 heterocycles. The van der Waals surface area contributed by atoms with Gasteiger partial charge in [-0.2, -0.15) is 0 Å². The van der Waals surface area contributed by atoms with Crippen LogP contribution < -0.4 is 15.2 Å². The second-order valence-corrected chi connectivity index (χ2v) is 5.13. The molecule has 2 N–H and O–H groups in total. The van der Waals surface area contributed by atoms with E-state index in [-0.39, 0.29) is 12.4 Å². The van der Waals surface area contributed by atoms with Gasteiger partial charge in [0.1, 0.15) is 12.4 Å². The fourth-order valence-corrected chi connectivity index (χ4v) is 2.16. The molecule has 5 heteroatoms. The maximum atomic E-state index is 13.6. The average molecular weight is 340 g/mol. The normalized spacial score (nSPS) is 10.4. The van der Waals surface area contributed by atoms with Gasteiger partial charge in [0, 0.05) is 16.6 Å². The fourth-order valence-electron chi connectivity index (χ4n) is 1.82. The quantitative estimate of drug-likeness (QED) is 0.904. The van der Waals surface area contributed by atoms with Crippen molar-refractivity contribution in [2.24, 2.45) is 5.73 Å². The van der Waals surface area contributed by atoms with Crippen LogP contribution in [0, 0.1) is 5.82 Å². The maximum absolute atomic E-state index is 13.6. The number of hydrogen-bond donors (Lipinski definition) is 1. The minimum absolute atomic E-state index is 0.194. The predicted molar refractivity (Wildman–Crippen MR) is 79.3 cm³/mol. The van der Waals surface area contributed by atoms with Crippen molar-refractivity contribution in [2.45, 2.75) is 13.2 Å². The number of halogens is 2. The summed E-state index contributed by atoms with van der Waals surface area (Å²) >= 11 is 3.29. The molecule has 0 aromatic heterocycles. The summed E-state index contributed by atoms with van der Waals surface area (Å²) in [5.41, 5.74) is 7.41. The second kappa shape index (κ2) is 6.72. The molecule has 2 aromatic carbocycles. The lowest BCUT2D eigenvalue weighted by Gasteiger charge is -2.12. The third-order valence-electron chi connectivity index (χ3n) is 2.86. The summed E-state index contributed by atoms with van der Waals surface area (Å²) in [7, 11) is 1.58. The summed E-state index contributed by atoms with van der Waals surface area (Å²) in [6.07, 6.45) is 0. The largest absolute Gasteiger partial charge is 0.496 e. The highest BCUT2D eigenvalue weighted by Gasteiger charge is 2.08. The van der Waals surface area contributed by atoms with E-state index in [2.05, 4.69) is 15.9 Å². The summed E-state index contributed by atoms with van der Waals surface area (Å²) in [6, 6.07) is 10.2. The van der Waals surface area contributed by atoms with Gasteiger partial charge in [0.05, 0.1) is 7.11 Å². The summed E-state index contributed by atoms with van der Waals surface area (Å²) in [4.78, 5) is 0. The van der Waals surface area contributed by atoms with Crippen LogP contribution in [-0.4, -0.2) is 7.11 Å². The van der Waals surface area contributed by atoms with Crippen molar-refractivity contribution in [1.82, 2.24) is 0 Å². The third kappa shape index (κ3) is 3.49. The molecule has 2 rings (SSSR count). The lowest BCUT2D eigenvalue weighted by Crippen LogP contribution is -2.03. The SMILES string of the molecule is COc1ccc(CN)cc1COc1cc(Br)ccc1F. The number of ether oxygens (including phenoxy) is 2. The summed E-state index contributed by atoms with van der Waals surface area (Å²) in [5, 5.41) is 0. The monoisotopic (exact) mass is 339 g/mol. The Labute approximate surface area is 125 Å². The highest BCUT2D eigenvalue weighted by atomic mass is 79.9. The van der Waals surface area contributed by atoms with E-state index in [1.54, 1.807) is 19.2 Å². The maximum Gasteiger partial charge on any atom is 0.165 e. The number of nitrogens with two attached hydrogens (primary N) is 1. The second-order valence-electron chi connectivity index (χ2n) is 4.21. The molecular weight excluding hydrogens is 325 g/mol. The molecule has 0 radical (unpaired) electrons. The molecule has 0 spiro atoms. The van der Waals surface area contributed by atoms with E-state index in [0.29, 0.717) is 12.3 Å². The molecule has 0 aliphatic rings. The molecule has 0 unspecified atom stereocenters. The summed E-state index contributed by atoms with van der Waals surface area (Å²) in [5.74, 6) is 0.485. The molecule has 0 saturated heterocycles. The first-order valence-corrected chi connectivity index (χ1v) is 6.87. The van der Waals surface area contributed by atoms with Gasteiger partial charge in [0.25, 0.3) is 0 Å². The number of benzene rings is 2. The lowest BCUT2D eigenvalue weighted by molar-refractivity contribution is 0.282. The van der Waals surface area contributed by atoms with Gasteiger partial charge in [-0.3, -0.25) is 0 Å². The van der Waals surface area contributed by atoms with Gasteiger partial charge in [0.15, 0.2) is 11.6 Å². The lowest BCUT2D eigenvalue weighted by atomic mass is 10.1. The predicted octanol–water partition coefficient (Wildman–Crippen LogP) is 3.63. The van der Waals surface area contributed by atoms with Crippen molar-refractivity contribution in [3.8, 4) is 11.5 Å². The van der Waals surface area contributed by atoms with Crippen LogP contribution in [0.15, 0.2) is 40.9 Å². The zero-order valence-corrected chi connectivity index (χ0v) is 12.6. The van der Waals surface area contributed by atoms with Crippen molar-refractivity contribution in [2.75, 3.05) is 7.11 Å². The van der Waals surface area contributed by atoms with Gasteiger partial charge in [-0.1, -0.05) is 22.0 Å². The minimum atomic E-state index is -0.401. The van der Waals surface area contributed by atoms with Gasteiger partial charge in [-0.15, -0.1) is 0 Å². The average Bonchev–Trinajstić information content (AvgIpc) is 2.47. The Morgan fingerprint density at radius 1 is 1.15 bits per heavy atom. The molecule has 0 bridgehead atoms. The van der Waals surface area contributed by atoms with Crippen LogP contribution in [-0.2, 0) is 13.2 Å². The Bertz CT molecular complexity index is 604. The van der Waals surface area contributed by atoms with E-state index < -0.39 is 5.82 Å². The Kier molecular flexibility index (Phi) is 4.98. The van der Waals surface area contributed by atoms with Crippen molar-refractivity contribution >= 4 is 15.9 Å². The first-order valence-electron chi connectivity index (χ1n) is 6.07. The molecule has 2 aromatic rings. The van der Waals surface area contributed by atoms with Crippen molar-refractivity contribution in [3.05, 3.63) is 57.8 Å². The smallest absolute Gasteiger partial charge is 0.165 e. The van der Waals surface area contributed by atoms with Crippen LogP contribution in [0.2, 0.25) is 0 Å². The van der Waals surface area contributed by atoms with Crippen molar-refractivity contribution in [1.29, 1.82) is 0 Å². The van der Waals surface area contributed by atoms with Crippen LogP contribution in [0.3, 0.4) is 0 Å². The topological polar surface area (TPSA) is 44.5 Å². The van der Waals surface area contributed by atoms with Gasteiger partial charge in [0.2, 0.25) is 0 Å². The molecule has 0 atom stereocenters. The Hall–Kier alpha value is -1.59. The fraction of sp³-hybridized carbons (Fsp3) is 0.200. The Morgan fingerprint density at radius 2 is 1.95 bits per heavy atom. The van der Waals surface area contributed by atoms with E-state index in [1.807, 2.05) is 18.2 Å². The Balaban J connectivity index is 2.19. The van der Waals surface area contributed by atoms with Crippen LogP contribution in [0.4, 0.5) is 4.39 Å². The van der Waals surface area contributed by atoms with Crippen LogP contribution in [0.1, 0.15) is 11.1 Å². The summed E-state index contributed by atoms with van der Waals surface area (Å²) < 4.78 is 25.1. The zero-order valence-electron chi connectivity index (χ0n) is 11.0. The molecule has 0 fully saturated rings. The van der Waals surface area contributed by atoms with E-state index in [4.69, 9.17) is 15.2 Å². The molecule has 0 aliphatic heterocycles. The molecule has 0 amide bonds. The molecule has 0 saturated carbocycles. The first-order chi connectivity index (χ1) is 9.63. The van der Waals surface area contributed by atoms with Crippen LogP contribution in [0.5, 0.6) is 11.5 Å². The van der Waals surface area contributed by atoms with Gasteiger partial charge < -0.3 is 15.2 Å². The highest BCUT2D eigenvalue weighted by Crippen LogP contribution is 2.26. The van der Waals surface area contributed by atoms with Crippen LogP contribution >= 0.6 is 15.9 Å². The molecule has 20 heavy (non-hydrogen) atoms. The van der Waals surface area contributed by atoms with E-state index in [9.17, 15) is 4.39 Å². The molecule has 106 valence electrons. The zero-order chi connectivity index (χ0) is 14.5. The highest BCUT2D eigenvalue weighted by molar-refractivity contribution is 9.10. The number of rotatable bonds is 5. The van der Waals surface area contributed by atoms with Gasteiger partial charge in [-0.05, 0) is 35.9 Å². The van der Waals surface area contributed by atoms with Gasteiger partial charge in [-0.25, -0.2) is 4.39 Å². The van der Waals surface area contributed by atoms with Crippen molar-refractivity contribution < 1.29 is 13.9 Å². The third-order valence-corrected chi connectivity index (χ3v) is 3.35. The molecule has 0 aliphatic carbocycles. The molecule has 3 nitrogen and oxygen atoms in total. The Morgan fingerprint density at radius 3 is 2.65 bits per heavy atom. The standard InChI is InChI=1S/C15H15BrFNO2/c1-19-14-5-2-10(8-18)6-11(14)9-20-15-7-12(16)3-4-13(15)17/h2-7H,8-9,18H2,1H3. The van der Waals surface area contributed by atoms with Crippen molar-refractivity contribution in [3.63, 3.8) is 0 Å². The van der Waals surface area contributed by atoms with Crippen LogP contribution in [0.25, 0.3) is 0 Å². The minimum Gasteiger partial charge on any atom is -0.496 e. The van der Waals surface area contributed by atoms with Gasteiger partial charge >= 0.3 is 0 Å². The summed E-state index contributed by atoms with van der Waals surface area (Å²) in [6.45, 7) is 0.645. The molecular formula is C15H15BrFNO2. The first kappa shape index (κ1) is 14.8. The number of hydrogen-bond acceptors (Lipinski definition) is 3. The van der Waals surface area contributed by atoms with E-state index >= 15 is 0 Å². The van der Waals surface area contributed by atoms with E-state index in [0.717, 1.165) is 15.6 Å². The number of methoxy groups -OCH3 is 1.